The molecular formula is C13H10ClF2NO. The Morgan fingerprint density at radius 3 is 2.50 bits per heavy atom. The quantitative estimate of drug-likeness (QED) is 0.828. The zero-order chi connectivity index (χ0) is 13.1. The third-order valence-electron chi connectivity index (χ3n) is 2.43. The summed E-state index contributed by atoms with van der Waals surface area (Å²) in [4.78, 5) is 0. The molecule has 0 amide bonds. The van der Waals surface area contributed by atoms with E-state index in [1.54, 1.807) is 6.07 Å². The third kappa shape index (κ3) is 2.90. The van der Waals surface area contributed by atoms with Crippen LogP contribution < -0.4 is 5.32 Å². The van der Waals surface area contributed by atoms with Crippen LogP contribution in [0.3, 0.4) is 0 Å². The van der Waals surface area contributed by atoms with Crippen molar-refractivity contribution in [3.63, 3.8) is 0 Å². The van der Waals surface area contributed by atoms with Gasteiger partial charge in [-0.3, -0.25) is 0 Å². The minimum absolute atomic E-state index is 0.0643. The molecule has 0 bridgehead atoms. The molecule has 0 aliphatic heterocycles. The molecular weight excluding hydrogens is 260 g/mol. The van der Waals surface area contributed by atoms with E-state index in [0.717, 1.165) is 0 Å². The van der Waals surface area contributed by atoms with E-state index in [2.05, 4.69) is 5.32 Å². The van der Waals surface area contributed by atoms with Crippen LogP contribution >= 0.6 is 11.6 Å². The van der Waals surface area contributed by atoms with E-state index in [4.69, 9.17) is 16.7 Å². The number of nitrogens with one attached hydrogen (secondary N) is 1. The normalized spacial score (nSPS) is 10.4. The summed E-state index contributed by atoms with van der Waals surface area (Å²) < 4.78 is 26.2. The predicted octanol–water partition coefficient (Wildman–Crippen LogP) is 3.94. The highest BCUT2D eigenvalue weighted by atomic mass is 35.5. The van der Waals surface area contributed by atoms with Gasteiger partial charge in [0.25, 0.3) is 0 Å². The second-order valence-corrected chi connectivity index (χ2v) is 4.18. The molecule has 5 heteroatoms. The SMILES string of the molecule is Oc1ccc(NCc2ccc(Cl)c(F)c2)cc1F. The molecule has 2 aromatic rings. The van der Waals surface area contributed by atoms with E-state index < -0.39 is 17.4 Å². The second-order valence-electron chi connectivity index (χ2n) is 3.77. The number of phenolic OH excluding ortho intramolecular Hbond substituents is 1. The van der Waals surface area contributed by atoms with E-state index in [1.807, 2.05) is 0 Å². The lowest BCUT2D eigenvalue weighted by Gasteiger charge is -2.07. The van der Waals surface area contributed by atoms with Crippen LogP contribution in [-0.4, -0.2) is 5.11 Å². The lowest BCUT2D eigenvalue weighted by atomic mass is 10.2. The summed E-state index contributed by atoms with van der Waals surface area (Å²) in [6.45, 7) is 0.332. The molecule has 2 nitrogen and oxygen atoms in total. The Kier molecular flexibility index (Phi) is 3.67. The molecule has 0 spiro atoms. The van der Waals surface area contributed by atoms with Gasteiger partial charge in [-0.05, 0) is 29.8 Å². The number of hydrogen-bond acceptors (Lipinski definition) is 2. The number of phenols is 1. The first-order valence-electron chi connectivity index (χ1n) is 5.22. The average Bonchev–Trinajstić information content (AvgIpc) is 2.35. The third-order valence-corrected chi connectivity index (χ3v) is 2.73. The fourth-order valence-corrected chi connectivity index (χ4v) is 1.59. The van der Waals surface area contributed by atoms with Crippen LogP contribution in [0.15, 0.2) is 36.4 Å². The standard InChI is InChI=1S/C13H10ClF2NO/c14-10-3-1-8(5-11(10)15)7-17-9-2-4-13(18)12(16)6-9/h1-6,17-18H,7H2. The van der Waals surface area contributed by atoms with Crippen molar-refractivity contribution in [2.75, 3.05) is 5.32 Å². The van der Waals surface area contributed by atoms with Gasteiger partial charge in [0.05, 0.1) is 5.02 Å². The number of benzene rings is 2. The van der Waals surface area contributed by atoms with Crippen LogP contribution in [0, 0.1) is 11.6 Å². The van der Waals surface area contributed by atoms with Crippen molar-refractivity contribution in [3.05, 3.63) is 58.6 Å². The Hall–Kier alpha value is -1.81. The first kappa shape index (κ1) is 12.6. The van der Waals surface area contributed by atoms with Gasteiger partial charge < -0.3 is 10.4 Å². The van der Waals surface area contributed by atoms with Crippen LogP contribution in [0.2, 0.25) is 5.02 Å². The maximum Gasteiger partial charge on any atom is 0.166 e. The topological polar surface area (TPSA) is 32.3 Å². The summed E-state index contributed by atoms with van der Waals surface area (Å²) in [5.74, 6) is -1.60. The van der Waals surface area contributed by atoms with Crippen LogP contribution in [0.1, 0.15) is 5.56 Å². The molecule has 0 aliphatic carbocycles. The van der Waals surface area contributed by atoms with Gasteiger partial charge in [0.15, 0.2) is 11.6 Å². The molecule has 0 saturated carbocycles. The number of aromatic hydroxyl groups is 1. The van der Waals surface area contributed by atoms with Crippen molar-refractivity contribution in [2.24, 2.45) is 0 Å². The number of anilines is 1. The summed E-state index contributed by atoms with van der Waals surface area (Å²) in [6.07, 6.45) is 0. The fourth-order valence-electron chi connectivity index (χ4n) is 1.47. The van der Waals surface area contributed by atoms with Crippen molar-refractivity contribution in [1.82, 2.24) is 0 Å². The summed E-state index contributed by atoms with van der Waals surface area (Å²) in [5.41, 5.74) is 1.19. The zero-order valence-electron chi connectivity index (χ0n) is 9.25. The van der Waals surface area contributed by atoms with E-state index in [1.165, 1.54) is 30.3 Å². The van der Waals surface area contributed by atoms with Crippen molar-refractivity contribution in [3.8, 4) is 5.75 Å². The molecule has 0 atom stereocenters. The summed E-state index contributed by atoms with van der Waals surface area (Å²) in [5, 5.41) is 12.0. The summed E-state index contributed by atoms with van der Waals surface area (Å²) in [7, 11) is 0. The van der Waals surface area contributed by atoms with Crippen molar-refractivity contribution < 1.29 is 13.9 Å². The highest BCUT2D eigenvalue weighted by Gasteiger charge is 2.03. The second kappa shape index (κ2) is 5.23. The zero-order valence-corrected chi connectivity index (χ0v) is 10.0. The molecule has 0 aromatic heterocycles. The number of rotatable bonds is 3. The molecule has 0 unspecified atom stereocenters. The van der Waals surface area contributed by atoms with Gasteiger partial charge in [-0.2, -0.15) is 0 Å². The van der Waals surface area contributed by atoms with Gasteiger partial charge in [-0.1, -0.05) is 17.7 Å². The van der Waals surface area contributed by atoms with E-state index in [-0.39, 0.29) is 5.02 Å². The minimum atomic E-state index is -0.706. The number of hydrogen-bond donors (Lipinski definition) is 2. The maximum atomic E-state index is 13.2. The number of halogens is 3. The molecule has 0 fully saturated rings. The van der Waals surface area contributed by atoms with E-state index >= 15 is 0 Å². The molecule has 0 radical (unpaired) electrons. The summed E-state index contributed by atoms with van der Waals surface area (Å²) in [6, 6.07) is 8.40. The molecule has 18 heavy (non-hydrogen) atoms. The molecule has 94 valence electrons. The molecule has 0 aliphatic rings. The predicted molar refractivity (Wildman–Crippen MR) is 66.8 cm³/mol. The van der Waals surface area contributed by atoms with Crippen LogP contribution in [0.25, 0.3) is 0 Å². The smallest absolute Gasteiger partial charge is 0.166 e. The van der Waals surface area contributed by atoms with Crippen molar-refractivity contribution >= 4 is 17.3 Å². The molecule has 0 saturated heterocycles. The van der Waals surface area contributed by atoms with Gasteiger partial charge in [-0.15, -0.1) is 0 Å². The highest BCUT2D eigenvalue weighted by Crippen LogP contribution is 2.20. The Morgan fingerprint density at radius 2 is 1.83 bits per heavy atom. The molecule has 2 aromatic carbocycles. The van der Waals surface area contributed by atoms with Crippen LogP contribution in [-0.2, 0) is 6.54 Å². The summed E-state index contributed by atoms with van der Waals surface area (Å²) >= 11 is 5.56. The van der Waals surface area contributed by atoms with Gasteiger partial charge in [0, 0.05) is 18.3 Å². The van der Waals surface area contributed by atoms with Crippen molar-refractivity contribution in [2.45, 2.75) is 6.54 Å². The minimum Gasteiger partial charge on any atom is -0.505 e. The highest BCUT2D eigenvalue weighted by molar-refractivity contribution is 6.30. The average molecular weight is 270 g/mol. The molecule has 2 N–H and O–H groups in total. The Balaban J connectivity index is 2.06. The lowest BCUT2D eigenvalue weighted by molar-refractivity contribution is 0.432. The maximum absolute atomic E-state index is 13.2. The Labute approximate surface area is 108 Å². The lowest BCUT2D eigenvalue weighted by Crippen LogP contribution is -2.00. The van der Waals surface area contributed by atoms with Gasteiger partial charge in [0.2, 0.25) is 0 Å². The van der Waals surface area contributed by atoms with E-state index in [9.17, 15) is 8.78 Å². The van der Waals surface area contributed by atoms with Crippen LogP contribution in [0.5, 0.6) is 5.75 Å². The van der Waals surface area contributed by atoms with Crippen molar-refractivity contribution in [1.29, 1.82) is 0 Å². The first-order valence-corrected chi connectivity index (χ1v) is 5.60. The van der Waals surface area contributed by atoms with E-state index in [0.29, 0.717) is 17.8 Å². The fraction of sp³-hybridized carbons (Fsp3) is 0.0769. The van der Waals surface area contributed by atoms with Gasteiger partial charge in [-0.25, -0.2) is 8.78 Å². The molecule has 0 heterocycles. The van der Waals surface area contributed by atoms with Gasteiger partial charge >= 0.3 is 0 Å². The first-order chi connectivity index (χ1) is 8.56. The van der Waals surface area contributed by atoms with Crippen LogP contribution in [0.4, 0.5) is 14.5 Å². The molecule has 2 rings (SSSR count). The monoisotopic (exact) mass is 269 g/mol. The Bertz CT molecular complexity index is 523. The van der Waals surface area contributed by atoms with Gasteiger partial charge in [0.1, 0.15) is 5.82 Å². The Morgan fingerprint density at radius 1 is 1.06 bits per heavy atom. The largest absolute Gasteiger partial charge is 0.505 e.